The van der Waals surface area contributed by atoms with Gasteiger partial charge >= 0.3 is 6.09 Å². The van der Waals surface area contributed by atoms with Gasteiger partial charge in [0.15, 0.2) is 5.82 Å². The number of amides is 2. The summed E-state index contributed by atoms with van der Waals surface area (Å²) in [5.74, 6) is 0.478. The fraction of sp³-hybridized carbons (Fsp3) is 0.391. The van der Waals surface area contributed by atoms with Crippen LogP contribution >= 0.6 is 0 Å². The van der Waals surface area contributed by atoms with Crippen LogP contribution in [0.5, 0.6) is 0 Å². The van der Waals surface area contributed by atoms with E-state index in [1.807, 2.05) is 49.9 Å². The van der Waals surface area contributed by atoms with Gasteiger partial charge in [0.05, 0.1) is 11.9 Å². The van der Waals surface area contributed by atoms with Crippen LogP contribution < -0.4 is 5.32 Å². The highest BCUT2D eigenvalue weighted by molar-refractivity contribution is 6.03. The van der Waals surface area contributed by atoms with Crippen LogP contribution in [-0.4, -0.2) is 54.9 Å². The lowest BCUT2D eigenvalue weighted by atomic mass is 10.0. The number of carbonyl (C=O) groups is 2. The summed E-state index contributed by atoms with van der Waals surface area (Å²) in [6.45, 7) is 6.78. The minimum atomic E-state index is -0.509. The van der Waals surface area contributed by atoms with E-state index in [9.17, 15) is 9.59 Å². The minimum absolute atomic E-state index is 0.143. The van der Waals surface area contributed by atoms with Crippen LogP contribution in [0.4, 0.5) is 10.5 Å². The fourth-order valence-corrected chi connectivity index (χ4v) is 3.75. The van der Waals surface area contributed by atoms with E-state index >= 15 is 0 Å². The van der Waals surface area contributed by atoms with Crippen LogP contribution in [0, 0.1) is 0 Å². The van der Waals surface area contributed by atoms with Gasteiger partial charge in [-0.05, 0) is 63.9 Å². The first-order valence-corrected chi connectivity index (χ1v) is 10.7. The number of rotatable bonds is 4. The number of nitrogens with one attached hydrogen (secondary N) is 1. The van der Waals surface area contributed by atoms with Gasteiger partial charge in [0.25, 0.3) is 5.91 Å². The summed E-state index contributed by atoms with van der Waals surface area (Å²) in [4.78, 5) is 31.3. The van der Waals surface area contributed by atoms with Crippen molar-refractivity contribution in [2.75, 3.05) is 18.4 Å². The van der Waals surface area contributed by atoms with E-state index in [4.69, 9.17) is 4.74 Å². The summed E-state index contributed by atoms with van der Waals surface area (Å²) >= 11 is 0. The molecule has 1 aliphatic rings. The molecule has 9 nitrogen and oxygen atoms in total. The lowest BCUT2D eigenvalue weighted by Gasteiger charge is -2.34. The third kappa shape index (κ3) is 4.99. The lowest BCUT2D eigenvalue weighted by Crippen LogP contribution is -2.42. The molecule has 0 unspecified atom stereocenters. The molecular formula is C23H28N6O3. The van der Waals surface area contributed by atoms with Gasteiger partial charge in [-0.1, -0.05) is 0 Å². The molecule has 0 radical (unpaired) electrons. The Hall–Kier alpha value is -3.62. The number of likely N-dealkylation sites (tertiary alicyclic amines) is 1. The molecule has 4 heterocycles. The van der Waals surface area contributed by atoms with Crippen LogP contribution in [0.25, 0.3) is 5.82 Å². The number of pyridine rings is 1. The molecular weight excluding hydrogens is 408 g/mol. The van der Waals surface area contributed by atoms with E-state index in [2.05, 4.69) is 15.4 Å². The van der Waals surface area contributed by atoms with Gasteiger partial charge in [-0.15, -0.1) is 0 Å². The maximum Gasteiger partial charge on any atom is 0.410 e. The highest BCUT2D eigenvalue weighted by Crippen LogP contribution is 2.26. The Bertz CT molecular complexity index is 1060. The van der Waals surface area contributed by atoms with Crippen LogP contribution in [0.15, 0.2) is 55.1 Å². The molecule has 1 N–H and O–H groups in total. The molecule has 3 aromatic heterocycles. The number of nitrogens with zero attached hydrogens (tertiary/aromatic N) is 5. The van der Waals surface area contributed by atoms with Gasteiger partial charge in [0, 0.05) is 37.7 Å². The number of hydrogen-bond donors (Lipinski definition) is 1. The number of hydrogen-bond acceptors (Lipinski definition) is 5. The third-order valence-electron chi connectivity index (χ3n) is 5.27. The molecule has 168 valence electrons. The average molecular weight is 437 g/mol. The van der Waals surface area contributed by atoms with Gasteiger partial charge in [-0.25, -0.2) is 14.5 Å². The van der Waals surface area contributed by atoms with Crippen molar-refractivity contribution in [1.29, 1.82) is 0 Å². The fourth-order valence-electron chi connectivity index (χ4n) is 3.75. The summed E-state index contributed by atoms with van der Waals surface area (Å²) in [6, 6.07) is 9.24. The Morgan fingerprint density at radius 3 is 2.50 bits per heavy atom. The smallest absolute Gasteiger partial charge is 0.410 e. The summed E-state index contributed by atoms with van der Waals surface area (Å²) in [5.41, 5.74) is 0.681. The largest absolute Gasteiger partial charge is 0.444 e. The van der Waals surface area contributed by atoms with Gasteiger partial charge in [0.1, 0.15) is 11.3 Å². The second kappa shape index (κ2) is 8.86. The molecule has 3 aromatic rings. The molecule has 32 heavy (non-hydrogen) atoms. The summed E-state index contributed by atoms with van der Waals surface area (Å²) in [7, 11) is 0. The quantitative estimate of drug-likeness (QED) is 0.670. The van der Waals surface area contributed by atoms with Crippen molar-refractivity contribution in [2.24, 2.45) is 0 Å². The summed E-state index contributed by atoms with van der Waals surface area (Å²) in [6.07, 6.45) is 8.25. The van der Waals surface area contributed by atoms with Crippen molar-refractivity contribution in [3.05, 3.63) is 60.8 Å². The van der Waals surface area contributed by atoms with Crippen molar-refractivity contribution >= 4 is 17.7 Å². The topological polar surface area (TPSA) is 94.3 Å². The van der Waals surface area contributed by atoms with E-state index < -0.39 is 5.60 Å². The molecule has 1 saturated heterocycles. The van der Waals surface area contributed by atoms with E-state index in [0.717, 1.165) is 12.8 Å². The van der Waals surface area contributed by atoms with Crippen LogP contribution in [0.3, 0.4) is 0 Å². The molecule has 0 saturated carbocycles. The highest BCUT2D eigenvalue weighted by Gasteiger charge is 2.28. The SMILES string of the molecule is CC(C)(C)OC(=O)N1CCC(n2cccc2C(=O)Nc2ccc(-n3cccn3)nc2)CC1. The molecule has 0 bridgehead atoms. The monoisotopic (exact) mass is 436 g/mol. The molecule has 0 spiro atoms. The minimum Gasteiger partial charge on any atom is -0.444 e. The Kier molecular flexibility index (Phi) is 5.98. The maximum atomic E-state index is 12.9. The first-order valence-electron chi connectivity index (χ1n) is 10.7. The van der Waals surface area contributed by atoms with E-state index in [0.29, 0.717) is 30.3 Å². The number of carbonyl (C=O) groups excluding carboxylic acids is 2. The predicted molar refractivity (Wildman–Crippen MR) is 120 cm³/mol. The molecule has 1 fully saturated rings. The lowest BCUT2D eigenvalue weighted by molar-refractivity contribution is 0.0187. The second-order valence-electron chi connectivity index (χ2n) is 8.81. The maximum absolute atomic E-state index is 12.9. The zero-order chi connectivity index (χ0) is 22.7. The number of aromatic nitrogens is 4. The molecule has 2 amide bonds. The van der Waals surface area contributed by atoms with E-state index in [1.54, 1.807) is 40.2 Å². The van der Waals surface area contributed by atoms with Gasteiger partial charge in [-0.3, -0.25) is 4.79 Å². The molecule has 9 heteroatoms. The summed E-state index contributed by atoms with van der Waals surface area (Å²) < 4.78 is 9.11. The normalized spacial score (nSPS) is 14.9. The Labute approximate surface area is 187 Å². The van der Waals surface area contributed by atoms with Crippen molar-refractivity contribution in [3.8, 4) is 5.82 Å². The zero-order valence-corrected chi connectivity index (χ0v) is 18.6. The van der Waals surface area contributed by atoms with Crippen molar-refractivity contribution in [3.63, 3.8) is 0 Å². The Balaban J connectivity index is 1.37. The molecule has 0 atom stereocenters. The van der Waals surface area contributed by atoms with Crippen molar-refractivity contribution in [1.82, 2.24) is 24.2 Å². The van der Waals surface area contributed by atoms with Gasteiger partial charge < -0.3 is 19.5 Å². The van der Waals surface area contributed by atoms with Crippen LogP contribution in [-0.2, 0) is 4.74 Å². The standard InChI is InChI=1S/C23H28N6O3/c1-23(2,3)32-22(31)27-14-9-18(10-15-27)28-12-4-6-19(28)21(30)26-17-7-8-20(24-16-17)29-13-5-11-25-29/h4-8,11-13,16,18H,9-10,14-15H2,1-3H3,(H,26,30). The van der Waals surface area contributed by atoms with Crippen LogP contribution in [0.2, 0.25) is 0 Å². The van der Waals surface area contributed by atoms with E-state index in [-0.39, 0.29) is 18.0 Å². The van der Waals surface area contributed by atoms with Crippen molar-refractivity contribution in [2.45, 2.75) is 45.3 Å². The highest BCUT2D eigenvalue weighted by atomic mass is 16.6. The number of anilines is 1. The Morgan fingerprint density at radius 2 is 1.88 bits per heavy atom. The van der Waals surface area contributed by atoms with Crippen LogP contribution in [0.1, 0.15) is 50.1 Å². The summed E-state index contributed by atoms with van der Waals surface area (Å²) in [5, 5.41) is 7.06. The molecule has 0 aliphatic carbocycles. The Morgan fingerprint density at radius 1 is 1.09 bits per heavy atom. The second-order valence-corrected chi connectivity index (χ2v) is 8.81. The number of piperidine rings is 1. The zero-order valence-electron chi connectivity index (χ0n) is 18.6. The van der Waals surface area contributed by atoms with Crippen molar-refractivity contribution < 1.29 is 14.3 Å². The molecule has 0 aromatic carbocycles. The first kappa shape index (κ1) is 21.6. The van der Waals surface area contributed by atoms with Gasteiger partial charge in [0.2, 0.25) is 0 Å². The van der Waals surface area contributed by atoms with E-state index in [1.165, 1.54) is 0 Å². The molecule has 1 aliphatic heterocycles. The first-order chi connectivity index (χ1) is 15.3. The molecule has 4 rings (SSSR count). The third-order valence-corrected chi connectivity index (χ3v) is 5.27. The predicted octanol–water partition coefficient (Wildman–Crippen LogP) is 3.89. The average Bonchev–Trinajstić information content (AvgIpc) is 3.45. The van der Waals surface area contributed by atoms with Gasteiger partial charge in [-0.2, -0.15) is 5.10 Å². The number of ether oxygens (including phenoxy) is 1.